The van der Waals surface area contributed by atoms with Crippen LogP contribution in [-0.2, 0) is 25.6 Å². The summed E-state index contributed by atoms with van der Waals surface area (Å²) in [4.78, 5) is 41.5. The van der Waals surface area contributed by atoms with E-state index < -0.39 is 11.9 Å². The second kappa shape index (κ2) is 11.0. The van der Waals surface area contributed by atoms with Gasteiger partial charge in [-0.3, -0.25) is 4.79 Å². The number of anilines is 1. The highest BCUT2D eigenvalue weighted by Gasteiger charge is 2.39. The van der Waals surface area contributed by atoms with E-state index in [2.05, 4.69) is 0 Å². The summed E-state index contributed by atoms with van der Waals surface area (Å²) in [5.41, 5.74) is 3.26. The number of ketones is 1. The molecule has 1 aliphatic carbocycles. The average Bonchev–Trinajstić information content (AvgIpc) is 3.23. The van der Waals surface area contributed by atoms with Crippen molar-refractivity contribution in [1.29, 1.82) is 0 Å². The number of esters is 2. The highest BCUT2D eigenvalue weighted by molar-refractivity contribution is 6.29. The topological polar surface area (TPSA) is 82.1 Å². The first-order chi connectivity index (χ1) is 17.9. The molecule has 0 aliphatic heterocycles. The Balaban J connectivity index is 2.06. The third kappa shape index (κ3) is 4.89. The number of carbonyl (C=O) groups excluding carboxylic acids is 3. The lowest BCUT2D eigenvalue weighted by molar-refractivity contribution is -0.139. The molecule has 0 spiro atoms. The number of rotatable bonds is 8. The Kier molecular flexibility index (Phi) is 7.53. The smallest absolute Gasteiger partial charge is 0.339 e. The van der Waals surface area contributed by atoms with Gasteiger partial charge >= 0.3 is 11.9 Å². The molecule has 0 unspecified atom stereocenters. The molecule has 7 heteroatoms. The zero-order valence-electron chi connectivity index (χ0n) is 21.1. The summed E-state index contributed by atoms with van der Waals surface area (Å²) in [5, 5.41) is 0. The van der Waals surface area contributed by atoms with Crippen LogP contribution in [0, 0.1) is 0 Å². The van der Waals surface area contributed by atoms with Crippen molar-refractivity contribution in [2.75, 3.05) is 26.2 Å². The number of hydrogen-bond donors (Lipinski definition) is 0. The van der Waals surface area contributed by atoms with E-state index in [9.17, 15) is 14.4 Å². The highest BCUT2D eigenvalue weighted by Crippen LogP contribution is 2.42. The molecule has 0 amide bonds. The first-order valence-electron chi connectivity index (χ1n) is 11.6. The Morgan fingerprint density at radius 3 is 1.95 bits per heavy atom. The van der Waals surface area contributed by atoms with Crippen LogP contribution in [0.4, 0.5) is 5.69 Å². The van der Waals surface area contributed by atoms with E-state index in [4.69, 9.17) is 14.2 Å². The quantitative estimate of drug-likeness (QED) is 0.321. The zero-order valence-corrected chi connectivity index (χ0v) is 21.1. The number of hydrogen-bond acceptors (Lipinski definition) is 7. The van der Waals surface area contributed by atoms with E-state index in [-0.39, 0.29) is 22.5 Å². The Labute approximate surface area is 215 Å². The molecule has 7 nitrogen and oxygen atoms in total. The Morgan fingerprint density at radius 2 is 1.35 bits per heavy atom. The van der Waals surface area contributed by atoms with Gasteiger partial charge < -0.3 is 19.1 Å². The molecular weight excluding hydrogens is 470 g/mol. The summed E-state index contributed by atoms with van der Waals surface area (Å²) >= 11 is 0. The van der Waals surface area contributed by atoms with Crippen LogP contribution >= 0.6 is 0 Å². The van der Waals surface area contributed by atoms with Crippen LogP contribution in [0.15, 0.2) is 95.6 Å². The van der Waals surface area contributed by atoms with Gasteiger partial charge in [-0.05, 0) is 36.8 Å². The standard InChI is InChI=1S/C30H27NO6/c1-19(29(33)36-3)25(30(34)37-4)26-27(23-12-8-9-13-24(23)28(26)32)31(18-20-10-6-5-7-11-20)21-14-16-22(35-2)17-15-21/h5-17H,18H2,1-4H3/b25-19-. The summed E-state index contributed by atoms with van der Waals surface area (Å²) in [6.45, 7) is 1.84. The summed E-state index contributed by atoms with van der Waals surface area (Å²) in [5.74, 6) is -1.22. The lowest BCUT2D eigenvalue weighted by Gasteiger charge is -2.28. The summed E-state index contributed by atoms with van der Waals surface area (Å²) < 4.78 is 15.3. The summed E-state index contributed by atoms with van der Waals surface area (Å²) in [6.07, 6.45) is 0. The van der Waals surface area contributed by atoms with E-state index in [0.717, 1.165) is 11.3 Å². The van der Waals surface area contributed by atoms with Gasteiger partial charge in [0.25, 0.3) is 0 Å². The van der Waals surface area contributed by atoms with Gasteiger partial charge in [0.05, 0.1) is 38.2 Å². The third-order valence-electron chi connectivity index (χ3n) is 6.23. The van der Waals surface area contributed by atoms with Crippen molar-refractivity contribution in [3.63, 3.8) is 0 Å². The molecule has 4 rings (SSSR count). The van der Waals surface area contributed by atoms with Gasteiger partial charge in [-0.15, -0.1) is 0 Å². The Bertz CT molecular complexity index is 1400. The van der Waals surface area contributed by atoms with Crippen LogP contribution in [0.1, 0.15) is 28.4 Å². The maximum absolute atomic E-state index is 13.9. The first-order valence-corrected chi connectivity index (χ1v) is 11.6. The molecular formula is C30H27NO6. The summed E-state index contributed by atoms with van der Waals surface area (Å²) in [6, 6.07) is 24.3. The van der Waals surface area contributed by atoms with E-state index >= 15 is 0 Å². The van der Waals surface area contributed by atoms with Gasteiger partial charge in [0.1, 0.15) is 5.75 Å². The van der Waals surface area contributed by atoms with Crippen molar-refractivity contribution in [2.24, 2.45) is 0 Å². The van der Waals surface area contributed by atoms with Crippen molar-refractivity contribution < 1.29 is 28.6 Å². The van der Waals surface area contributed by atoms with Gasteiger partial charge in [-0.25, -0.2) is 9.59 Å². The van der Waals surface area contributed by atoms with Gasteiger partial charge in [0, 0.05) is 28.9 Å². The largest absolute Gasteiger partial charge is 0.497 e. The second-order valence-corrected chi connectivity index (χ2v) is 8.35. The monoisotopic (exact) mass is 497 g/mol. The summed E-state index contributed by atoms with van der Waals surface area (Å²) in [7, 11) is 4.03. The molecule has 3 aromatic carbocycles. The first kappa shape index (κ1) is 25.4. The van der Waals surface area contributed by atoms with E-state index in [1.54, 1.807) is 19.2 Å². The fourth-order valence-corrected chi connectivity index (χ4v) is 4.40. The molecule has 1 aliphatic rings. The lowest BCUT2D eigenvalue weighted by Crippen LogP contribution is -2.24. The number of Topliss-reactive ketones (excluding diaryl/α,β-unsaturated/α-hetero) is 1. The molecule has 37 heavy (non-hydrogen) atoms. The minimum absolute atomic E-state index is 0.0163. The molecule has 3 aromatic rings. The average molecular weight is 498 g/mol. The highest BCUT2D eigenvalue weighted by atomic mass is 16.5. The number of carbonyl (C=O) groups is 3. The molecule has 188 valence electrons. The van der Waals surface area contributed by atoms with Gasteiger partial charge in [-0.1, -0.05) is 54.6 Å². The normalized spacial score (nSPS) is 13.0. The number of methoxy groups -OCH3 is 3. The SMILES string of the molecule is COC(=O)/C(C)=C(\C(=O)OC)C1=C(N(Cc2ccccc2)c2ccc(OC)cc2)c2ccccc2C1=O. The Morgan fingerprint density at radius 1 is 0.757 bits per heavy atom. The fourth-order valence-electron chi connectivity index (χ4n) is 4.40. The number of fused-ring (bicyclic) bond motifs is 1. The van der Waals surface area contributed by atoms with E-state index in [1.165, 1.54) is 21.1 Å². The molecule has 0 saturated carbocycles. The lowest BCUT2D eigenvalue weighted by atomic mass is 9.96. The molecule has 0 fully saturated rings. The molecule has 0 radical (unpaired) electrons. The molecule has 0 saturated heterocycles. The third-order valence-corrected chi connectivity index (χ3v) is 6.23. The van der Waals surface area contributed by atoms with Crippen LogP contribution in [0.2, 0.25) is 0 Å². The molecule has 0 aromatic heterocycles. The molecule has 0 heterocycles. The maximum Gasteiger partial charge on any atom is 0.339 e. The zero-order chi connectivity index (χ0) is 26.5. The molecule has 0 atom stereocenters. The number of nitrogens with zero attached hydrogens (tertiary/aromatic N) is 1. The van der Waals surface area contributed by atoms with Gasteiger partial charge in [0.15, 0.2) is 5.78 Å². The van der Waals surface area contributed by atoms with E-state index in [1.807, 2.05) is 71.6 Å². The van der Waals surface area contributed by atoms with E-state index in [0.29, 0.717) is 29.1 Å². The van der Waals surface area contributed by atoms with Gasteiger partial charge in [0.2, 0.25) is 0 Å². The minimum atomic E-state index is -0.800. The molecule has 0 N–H and O–H groups in total. The van der Waals surface area contributed by atoms with Crippen molar-refractivity contribution in [2.45, 2.75) is 13.5 Å². The molecule has 0 bridgehead atoms. The predicted molar refractivity (Wildman–Crippen MR) is 140 cm³/mol. The van der Waals surface area contributed by atoms with Crippen LogP contribution in [0.5, 0.6) is 5.75 Å². The van der Waals surface area contributed by atoms with Crippen molar-refractivity contribution in [1.82, 2.24) is 0 Å². The predicted octanol–water partition coefficient (Wildman–Crippen LogP) is 4.97. The van der Waals surface area contributed by atoms with Crippen molar-refractivity contribution in [3.8, 4) is 5.75 Å². The second-order valence-electron chi connectivity index (χ2n) is 8.35. The maximum atomic E-state index is 13.9. The van der Waals surface area contributed by atoms with Crippen molar-refractivity contribution in [3.05, 3.63) is 112 Å². The van der Waals surface area contributed by atoms with Crippen LogP contribution in [0.3, 0.4) is 0 Å². The number of ether oxygens (including phenoxy) is 3. The van der Waals surface area contributed by atoms with Gasteiger partial charge in [-0.2, -0.15) is 0 Å². The Hall–Kier alpha value is -4.65. The fraction of sp³-hybridized carbons (Fsp3) is 0.167. The number of benzene rings is 3. The van der Waals surface area contributed by atoms with Crippen LogP contribution in [0.25, 0.3) is 5.70 Å². The van der Waals surface area contributed by atoms with Crippen LogP contribution in [-0.4, -0.2) is 39.1 Å². The minimum Gasteiger partial charge on any atom is -0.497 e. The van der Waals surface area contributed by atoms with Crippen molar-refractivity contribution >= 4 is 29.1 Å². The van der Waals surface area contributed by atoms with Crippen LogP contribution < -0.4 is 9.64 Å².